The van der Waals surface area contributed by atoms with Gasteiger partial charge in [-0.15, -0.1) is 0 Å². The molecule has 0 saturated carbocycles. The molecule has 1 aliphatic rings. The van der Waals surface area contributed by atoms with E-state index < -0.39 is 0 Å². The van der Waals surface area contributed by atoms with E-state index in [1.54, 1.807) is 0 Å². The van der Waals surface area contributed by atoms with Gasteiger partial charge in [-0.1, -0.05) is 44.2 Å². The number of benzene rings is 2. The van der Waals surface area contributed by atoms with Gasteiger partial charge in [-0.25, -0.2) is 0 Å². The molecule has 1 saturated heterocycles. The Kier molecular flexibility index (Phi) is 6.47. The molecule has 2 aromatic rings. The first-order valence-electron chi connectivity index (χ1n) is 9.32. The predicted octanol–water partition coefficient (Wildman–Crippen LogP) is 2.69. The maximum Gasteiger partial charge on any atom is 0.258 e. The van der Waals surface area contributed by atoms with Crippen LogP contribution >= 0.6 is 0 Å². The molecule has 1 atom stereocenters. The normalized spacial score (nSPS) is 18.2. The number of ether oxygens (including phenoxy) is 2. The summed E-state index contributed by atoms with van der Waals surface area (Å²) in [6.07, 6.45) is 0.0483. The average molecular weight is 356 g/mol. The number of nitrogens with one attached hydrogen (secondary N) is 1. The van der Waals surface area contributed by atoms with Crippen molar-refractivity contribution in [3.05, 3.63) is 42.5 Å². The monoisotopic (exact) mass is 356 g/mol. The van der Waals surface area contributed by atoms with Gasteiger partial charge in [-0.2, -0.15) is 0 Å². The van der Waals surface area contributed by atoms with E-state index in [1.807, 2.05) is 36.4 Å². The third-order valence-corrected chi connectivity index (χ3v) is 4.46. The molecule has 0 spiro atoms. The molecule has 0 aliphatic carbocycles. The van der Waals surface area contributed by atoms with E-state index in [-0.39, 0.29) is 18.6 Å². The van der Waals surface area contributed by atoms with Gasteiger partial charge in [0.25, 0.3) is 5.91 Å². The van der Waals surface area contributed by atoms with Gasteiger partial charge in [0.1, 0.15) is 5.75 Å². The Morgan fingerprint density at radius 1 is 1.27 bits per heavy atom. The van der Waals surface area contributed by atoms with Crippen LogP contribution in [0, 0.1) is 5.92 Å². The second-order valence-electron chi connectivity index (χ2n) is 7.25. The summed E-state index contributed by atoms with van der Waals surface area (Å²) in [4.78, 5) is 14.5. The molecule has 1 N–H and O–H groups in total. The Hall–Kier alpha value is -2.11. The third kappa shape index (κ3) is 5.44. The second-order valence-corrected chi connectivity index (χ2v) is 7.25. The molecule has 0 bridgehead atoms. The van der Waals surface area contributed by atoms with Crippen LogP contribution in [0.1, 0.15) is 13.8 Å². The molecule has 5 heteroatoms. The molecule has 140 valence electrons. The predicted molar refractivity (Wildman–Crippen MR) is 103 cm³/mol. The minimum Gasteiger partial charge on any atom is -0.484 e. The first kappa shape index (κ1) is 18.7. The Labute approximate surface area is 155 Å². The van der Waals surface area contributed by atoms with Crippen LogP contribution in [-0.4, -0.2) is 56.3 Å². The minimum absolute atomic E-state index is 0.0147. The smallest absolute Gasteiger partial charge is 0.258 e. The van der Waals surface area contributed by atoms with Gasteiger partial charge in [-0.05, 0) is 28.8 Å². The third-order valence-electron chi connectivity index (χ3n) is 4.46. The maximum atomic E-state index is 12.1. The number of carbonyl (C=O) groups is 1. The van der Waals surface area contributed by atoms with E-state index >= 15 is 0 Å². The topological polar surface area (TPSA) is 50.8 Å². The Bertz CT molecular complexity index is 732. The van der Waals surface area contributed by atoms with Crippen molar-refractivity contribution in [1.29, 1.82) is 0 Å². The van der Waals surface area contributed by atoms with Crippen molar-refractivity contribution in [2.75, 3.05) is 39.4 Å². The van der Waals surface area contributed by atoms with E-state index in [0.29, 0.717) is 18.2 Å². The number of fused-ring (bicyclic) bond motifs is 1. The Balaban J connectivity index is 1.42. The Morgan fingerprint density at radius 3 is 2.88 bits per heavy atom. The van der Waals surface area contributed by atoms with Crippen molar-refractivity contribution in [2.45, 2.75) is 20.0 Å². The van der Waals surface area contributed by atoms with Crippen molar-refractivity contribution in [3.8, 4) is 5.75 Å². The molecule has 1 amide bonds. The summed E-state index contributed by atoms with van der Waals surface area (Å²) < 4.78 is 11.4. The lowest BCUT2D eigenvalue weighted by atomic mass is 10.1. The molecule has 0 aromatic heterocycles. The molecule has 26 heavy (non-hydrogen) atoms. The standard InChI is InChI=1S/C21H28N2O3/c1-16(2)13-23-9-10-25-20(14-23)12-22-21(24)15-26-19-8-7-17-5-3-4-6-18(17)11-19/h3-8,11,16,20H,9-10,12-15H2,1-2H3,(H,22,24). The van der Waals surface area contributed by atoms with Gasteiger partial charge >= 0.3 is 0 Å². The molecular weight excluding hydrogens is 328 g/mol. The molecule has 1 fully saturated rings. The van der Waals surface area contributed by atoms with Gasteiger partial charge in [0.05, 0.1) is 12.7 Å². The summed E-state index contributed by atoms with van der Waals surface area (Å²) in [5.41, 5.74) is 0. The van der Waals surface area contributed by atoms with Crippen LogP contribution < -0.4 is 10.1 Å². The number of carbonyl (C=O) groups excluding carboxylic acids is 1. The number of morpholine rings is 1. The van der Waals surface area contributed by atoms with Gasteiger partial charge in [0, 0.05) is 26.2 Å². The number of hydrogen-bond donors (Lipinski definition) is 1. The van der Waals surface area contributed by atoms with Crippen LogP contribution in [0.2, 0.25) is 0 Å². The highest BCUT2D eigenvalue weighted by atomic mass is 16.5. The SMILES string of the molecule is CC(C)CN1CCOC(CNC(=O)COc2ccc3ccccc3c2)C1. The van der Waals surface area contributed by atoms with E-state index in [2.05, 4.69) is 30.1 Å². The lowest BCUT2D eigenvalue weighted by Crippen LogP contribution is -2.48. The van der Waals surface area contributed by atoms with Crippen LogP contribution in [0.15, 0.2) is 42.5 Å². The maximum absolute atomic E-state index is 12.1. The average Bonchev–Trinajstić information content (AvgIpc) is 2.64. The first-order chi connectivity index (χ1) is 12.6. The van der Waals surface area contributed by atoms with Crippen LogP contribution in [0.4, 0.5) is 0 Å². The van der Waals surface area contributed by atoms with Gasteiger partial charge < -0.3 is 14.8 Å². The zero-order chi connectivity index (χ0) is 18.4. The van der Waals surface area contributed by atoms with Crippen LogP contribution in [0.25, 0.3) is 10.8 Å². The molecule has 2 aromatic carbocycles. The molecule has 5 nitrogen and oxygen atoms in total. The van der Waals surface area contributed by atoms with E-state index in [0.717, 1.165) is 37.0 Å². The largest absolute Gasteiger partial charge is 0.484 e. The van der Waals surface area contributed by atoms with Crippen molar-refractivity contribution in [3.63, 3.8) is 0 Å². The molecule has 3 rings (SSSR count). The van der Waals surface area contributed by atoms with Crippen molar-refractivity contribution in [2.24, 2.45) is 5.92 Å². The zero-order valence-electron chi connectivity index (χ0n) is 15.6. The summed E-state index contributed by atoms with van der Waals surface area (Å²) >= 11 is 0. The lowest BCUT2D eigenvalue weighted by Gasteiger charge is -2.33. The van der Waals surface area contributed by atoms with Gasteiger partial charge in [-0.3, -0.25) is 9.69 Å². The van der Waals surface area contributed by atoms with Crippen LogP contribution in [-0.2, 0) is 9.53 Å². The first-order valence-corrected chi connectivity index (χ1v) is 9.32. The minimum atomic E-state index is -0.122. The highest BCUT2D eigenvalue weighted by molar-refractivity contribution is 5.84. The summed E-state index contributed by atoms with van der Waals surface area (Å²) in [6.45, 7) is 8.60. The van der Waals surface area contributed by atoms with Gasteiger partial charge in [0.2, 0.25) is 0 Å². The summed E-state index contributed by atoms with van der Waals surface area (Å²) in [6, 6.07) is 13.9. The number of amides is 1. The summed E-state index contributed by atoms with van der Waals surface area (Å²) in [5, 5.41) is 5.18. The van der Waals surface area contributed by atoms with Crippen molar-refractivity contribution < 1.29 is 14.3 Å². The zero-order valence-corrected chi connectivity index (χ0v) is 15.6. The molecule has 1 aliphatic heterocycles. The molecular formula is C21H28N2O3. The van der Waals surface area contributed by atoms with E-state index in [9.17, 15) is 4.79 Å². The molecule has 1 unspecified atom stereocenters. The van der Waals surface area contributed by atoms with E-state index in [1.165, 1.54) is 0 Å². The van der Waals surface area contributed by atoms with Gasteiger partial charge in [0.15, 0.2) is 6.61 Å². The Morgan fingerprint density at radius 2 is 2.08 bits per heavy atom. The number of hydrogen-bond acceptors (Lipinski definition) is 4. The van der Waals surface area contributed by atoms with Crippen molar-refractivity contribution in [1.82, 2.24) is 10.2 Å². The summed E-state index contributed by atoms with van der Waals surface area (Å²) in [7, 11) is 0. The highest BCUT2D eigenvalue weighted by Crippen LogP contribution is 2.20. The number of rotatable bonds is 7. The number of nitrogens with zero attached hydrogens (tertiary/aromatic N) is 1. The molecule has 1 heterocycles. The van der Waals surface area contributed by atoms with E-state index in [4.69, 9.17) is 9.47 Å². The fraction of sp³-hybridized carbons (Fsp3) is 0.476. The van der Waals surface area contributed by atoms with Crippen LogP contribution in [0.3, 0.4) is 0 Å². The quantitative estimate of drug-likeness (QED) is 0.829. The fourth-order valence-corrected chi connectivity index (χ4v) is 3.27. The lowest BCUT2D eigenvalue weighted by molar-refractivity contribution is -0.124. The van der Waals surface area contributed by atoms with Crippen LogP contribution in [0.5, 0.6) is 5.75 Å². The highest BCUT2D eigenvalue weighted by Gasteiger charge is 2.21. The fourth-order valence-electron chi connectivity index (χ4n) is 3.27. The summed E-state index contributed by atoms with van der Waals surface area (Å²) in [5.74, 6) is 1.22. The second kappa shape index (κ2) is 9.01. The van der Waals surface area contributed by atoms with Crippen molar-refractivity contribution >= 4 is 16.7 Å². The molecule has 0 radical (unpaired) electrons.